The van der Waals surface area contributed by atoms with Crippen LogP contribution in [0, 0.1) is 0 Å². The van der Waals surface area contributed by atoms with Crippen LogP contribution in [0.3, 0.4) is 0 Å². The summed E-state index contributed by atoms with van der Waals surface area (Å²) in [4.78, 5) is 11.4. The molecule has 0 unspecified atom stereocenters. The van der Waals surface area contributed by atoms with Crippen LogP contribution >= 0.6 is 11.6 Å². The number of carbonyl (C=O) groups is 1. The van der Waals surface area contributed by atoms with E-state index in [2.05, 4.69) is 4.74 Å². The maximum absolute atomic E-state index is 11.4. The number of esters is 1. The molecule has 0 bridgehead atoms. The molecule has 0 radical (unpaired) electrons. The van der Waals surface area contributed by atoms with Crippen LogP contribution in [0.5, 0.6) is 5.75 Å². The molecule has 0 N–H and O–H groups in total. The topological polar surface area (TPSA) is 35.5 Å². The Kier molecular flexibility index (Phi) is 3.69. The van der Waals surface area contributed by atoms with E-state index in [0.717, 1.165) is 29.7 Å². The lowest BCUT2D eigenvalue weighted by molar-refractivity contribution is 0.0600. The maximum Gasteiger partial charge on any atom is 0.337 e. The first kappa shape index (κ1) is 12.0. The van der Waals surface area contributed by atoms with Crippen molar-refractivity contribution in [3.05, 3.63) is 40.4 Å². The van der Waals surface area contributed by atoms with E-state index < -0.39 is 0 Å². The Labute approximate surface area is 105 Å². The van der Waals surface area contributed by atoms with Crippen molar-refractivity contribution < 1.29 is 14.3 Å². The van der Waals surface area contributed by atoms with Crippen molar-refractivity contribution in [2.45, 2.75) is 12.8 Å². The number of rotatable bonds is 1. The lowest BCUT2D eigenvalue weighted by Crippen LogP contribution is -2.03. The summed E-state index contributed by atoms with van der Waals surface area (Å²) in [5, 5.41) is 0. The van der Waals surface area contributed by atoms with E-state index >= 15 is 0 Å². The van der Waals surface area contributed by atoms with Crippen LogP contribution in [0.15, 0.2) is 29.3 Å². The standard InChI is InChI=1S/C13H13ClO3/c1-16-13(15)11-4-5-12-10(6-11)3-2-9(7-14)8-17-12/h4-7H,2-3,8H2,1H3/b9-7-. The van der Waals surface area contributed by atoms with Gasteiger partial charge in [-0.15, -0.1) is 0 Å². The molecule has 3 nitrogen and oxygen atoms in total. The summed E-state index contributed by atoms with van der Waals surface area (Å²) in [6.07, 6.45) is 1.67. The smallest absolute Gasteiger partial charge is 0.337 e. The molecule has 0 aliphatic carbocycles. The minimum Gasteiger partial charge on any atom is -0.489 e. The molecule has 1 heterocycles. The molecule has 17 heavy (non-hydrogen) atoms. The third-order valence-corrected chi connectivity index (χ3v) is 3.07. The maximum atomic E-state index is 11.4. The number of halogens is 1. The van der Waals surface area contributed by atoms with Gasteiger partial charge in [0.2, 0.25) is 0 Å². The number of methoxy groups -OCH3 is 1. The zero-order chi connectivity index (χ0) is 12.3. The molecule has 0 saturated carbocycles. The molecular formula is C13H13ClO3. The number of hydrogen-bond donors (Lipinski definition) is 0. The summed E-state index contributed by atoms with van der Waals surface area (Å²) in [5.41, 5.74) is 4.18. The summed E-state index contributed by atoms with van der Waals surface area (Å²) in [6.45, 7) is 0.508. The zero-order valence-electron chi connectivity index (χ0n) is 9.53. The van der Waals surface area contributed by atoms with Gasteiger partial charge < -0.3 is 9.47 Å². The molecule has 4 heteroatoms. The van der Waals surface area contributed by atoms with E-state index in [0.29, 0.717) is 12.2 Å². The largest absolute Gasteiger partial charge is 0.489 e. The van der Waals surface area contributed by atoms with Gasteiger partial charge in [-0.1, -0.05) is 11.6 Å². The highest BCUT2D eigenvalue weighted by molar-refractivity contribution is 6.25. The second-order valence-electron chi connectivity index (χ2n) is 3.87. The molecule has 1 aromatic rings. The lowest BCUT2D eigenvalue weighted by Gasteiger charge is -2.08. The summed E-state index contributed by atoms with van der Waals surface area (Å²) >= 11 is 5.68. The van der Waals surface area contributed by atoms with Gasteiger partial charge in [0.05, 0.1) is 12.7 Å². The summed E-state index contributed by atoms with van der Waals surface area (Å²) in [6, 6.07) is 5.33. The Morgan fingerprint density at radius 1 is 1.47 bits per heavy atom. The number of benzene rings is 1. The first-order chi connectivity index (χ1) is 8.24. The molecule has 0 aromatic heterocycles. The molecule has 0 saturated heterocycles. The second-order valence-corrected chi connectivity index (χ2v) is 4.09. The molecule has 0 fully saturated rings. The summed E-state index contributed by atoms with van der Waals surface area (Å²) in [5.74, 6) is 0.483. The van der Waals surface area contributed by atoms with Gasteiger partial charge in [-0.25, -0.2) is 4.79 Å². The quantitative estimate of drug-likeness (QED) is 0.721. The van der Waals surface area contributed by atoms with Gasteiger partial charge in [-0.05, 0) is 42.2 Å². The Hall–Kier alpha value is -1.48. The Morgan fingerprint density at radius 3 is 3.00 bits per heavy atom. The van der Waals surface area contributed by atoms with E-state index in [-0.39, 0.29) is 5.97 Å². The van der Waals surface area contributed by atoms with Crippen molar-refractivity contribution in [3.63, 3.8) is 0 Å². The van der Waals surface area contributed by atoms with Gasteiger partial charge in [0.25, 0.3) is 0 Å². The minimum atomic E-state index is -0.329. The van der Waals surface area contributed by atoms with Gasteiger partial charge in [-0.3, -0.25) is 0 Å². The van der Waals surface area contributed by atoms with Crippen molar-refractivity contribution in [1.82, 2.24) is 0 Å². The van der Waals surface area contributed by atoms with Gasteiger partial charge in [0, 0.05) is 5.54 Å². The van der Waals surface area contributed by atoms with Crippen molar-refractivity contribution in [2.75, 3.05) is 13.7 Å². The molecular weight excluding hydrogens is 240 g/mol. The van der Waals surface area contributed by atoms with E-state index in [4.69, 9.17) is 16.3 Å². The van der Waals surface area contributed by atoms with Gasteiger partial charge in [0.15, 0.2) is 0 Å². The fourth-order valence-electron chi connectivity index (χ4n) is 1.78. The average molecular weight is 253 g/mol. The molecule has 2 rings (SSSR count). The molecule has 90 valence electrons. The predicted molar refractivity (Wildman–Crippen MR) is 65.5 cm³/mol. The Morgan fingerprint density at radius 2 is 2.29 bits per heavy atom. The first-order valence-electron chi connectivity index (χ1n) is 5.36. The van der Waals surface area contributed by atoms with Crippen molar-refractivity contribution in [2.24, 2.45) is 0 Å². The molecule has 1 aromatic carbocycles. The fraction of sp³-hybridized carbons (Fsp3) is 0.308. The van der Waals surface area contributed by atoms with Crippen LogP contribution in [-0.4, -0.2) is 19.7 Å². The van der Waals surface area contributed by atoms with Gasteiger partial charge in [0.1, 0.15) is 12.4 Å². The molecule has 0 spiro atoms. The third kappa shape index (κ3) is 2.61. The van der Waals surface area contributed by atoms with Crippen LogP contribution in [0.25, 0.3) is 0 Å². The van der Waals surface area contributed by atoms with E-state index in [9.17, 15) is 4.79 Å². The Bertz CT molecular complexity index is 466. The van der Waals surface area contributed by atoms with Crippen molar-refractivity contribution in [1.29, 1.82) is 0 Å². The van der Waals surface area contributed by atoms with E-state index in [1.165, 1.54) is 7.11 Å². The SMILES string of the molecule is COC(=O)c1ccc2c(c1)CC/C(=C/Cl)CO2. The third-order valence-electron chi connectivity index (χ3n) is 2.76. The van der Waals surface area contributed by atoms with Crippen LogP contribution in [0.2, 0.25) is 0 Å². The summed E-state index contributed by atoms with van der Waals surface area (Å²) < 4.78 is 10.3. The van der Waals surface area contributed by atoms with Crippen LogP contribution in [0.4, 0.5) is 0 Å². The fourth-order valence-corrected chi connectivity index (χ4v) is 1.96. The molecule has 0 atom stereocenters. The molecule has 1 aliphatic rings. The van der Waals surface area contributed by atoms with Crippen LogP contribution in [-0.2, 0) is 11.2 Å². The number of fused-ring (bicyclic) bond motifs is 1. The highest BCUT2D eigenvalue weighted by Gasteiger charge is 2.14. The van der Waals surface area contributed by atoms with E-state index in [1.54, 1.807) is 17.7 Å². The van der Waals surface area contributed by atoms with Gasteiger partial charge in [-0.2, -0.15) is 0 Å². The van der Waals surface area contributed by atoms with Crippen molar-refractivity contribution in [3.8, 4) is 5.75 Å². The Balaban J connectivity index is 2.28. The number of ether oxygens (including phenoxy) is 2. The number of hydrogen-bond acceptors (Lipinski definition) is 3. The number of aryl methyl sites for hydroxylation is 1. The van der Waals surface area contributed by atoms with Crippen LogP contribution in [0.1, 0.15) is 22.3 Å². The van der Waals surface area contributed by atoms with Crippen LogP contribution < -0.4 is 4.74 Å². The summed E-state index contributed by atoms with van der Waals surface area (Å²) in [7, 11) is 1.37. The normalized spacial score (nSPS) is 16.9. The predicted octanol–water partition coefficient (Wildman–Crippen LogP) is 2.92. The first-order valence-corrected chi connectivity index (χ1v) is 5.80. The zero-order valence-corrected chi connectivity index (χ0v) is 10.3. The highest BCUT2D eigenvalue weighted by Crippen LogP contribution is 2.27. The molecule has 1 aliphatic heterocycles. The minimum absolute atomic E-state index is 0.329. The highest BCUT2D eigenvalue weighted by atomic mass is 35.5. The molecule has 0 amide bonds. The lowest BCUT2D eigenvalue weighted by atomic mass is 10.0. The van der Waals surface area contributed by atoms with Gasteiger partial charge >= 0.3 is 5.97 Å². The number of carbonyl (C=O) groups excluding carboxylic acids is 1. The van der Waals surface area contributed by atoms with E-state index in [1.807, 2.05) is 6.07 Å². The second kappa shape index (κ2) is 5.23. The monoisotopic (exact) mass is 252 g/mol. The van der Waals surface area contributed by atoms with Crippen molar-refractivity contribution >= 4 is 17.6 Å². The average Bonchev–Trinajstić information content (AvgIpc) is 2.59.